The lowest BCUT2D eigenvalue weighted by atomic mass is 9.91. The van der Waals surface area contributed by atoms with E-state index in [2.05, 4.69) is 0 Å². The Hall–Kier alpha value is -3.29. The van der Waals surface area contributed by atoms with E-state index in [0.29, 0.717) is 35.8 Å². The minimum absolute atomic E-state index is 0.172. The highest BCUT2D eigenvalue weighted by atomic mass is 16.5. The highest BCUT2D eigenvalue weighted by Gasteiger charge is 2.42. The van der Waals surface area contributed by atoms with E-state index in [-0.39, 0.29) is 35.1 Å². The van der Waals surface area contributed by atoms with E-state index in [4.69, 9.17) is 14.2 Å². The number of nitrogens with zero attached hydrogens (tertiary/aromatic N) is 2. The summed E-state index contributed by atoms with van der Waals surface area (Å²) in [7, 11) is 2.91. The maximum Gasteiger partial charge on any atom is 0.342 e. The van der Waals surface area contributed by atoms with Crippen LogP contribution in [0.4, 0.5) is 0 Å². The largest absolute Gasteiger partial charge is 0.493 e. The lowest BCUT2D eigenvalue weighted by Crippen LogP contribution is -2.31. The number of hydrogen-bond donors (Lipinski definition) is 0. The van der Waals surface area contributed by atoms with Gasteiger partial charge in [0.15, 0.2) is 11.5 Å². The molecule has 0 radical (unpaired) electrons. The molecule has 152 valence electrons. The van der Waals surface area contributed by atoms with Crippen molar-refractivity contribution in [2.75, 3.05) is 47.0 Å². The molecule has 2 aliphatic heterocycles. The average molecular weight is 398 g/mol. The maximum atomic E-state index is 13.1. The first-order valence-electron chi connectivity index (χ1n) is 9.39. The molecule has 8 nitrogen and oxygen atoms in total. The highest BCUT2D eigenvalue weighted by Crippen LogP contribution is 2.35. The second-order valence-corrected chi connectivity index (χ2v) is 7.05. The fraction of sp³-hybridized carbons (Fsp3) is 0.381. The van der Waals surface area contributed by atoms with Crippen molar-refractivity contribution in [1.82, 2.24) is 9.80 Å². The van der Waals surface area contributed by atoms with E-state index in [1.165, 1.54) is 14.2 Å². The van der Waals surface area contributed by atoms with E-state index in [1.807, 2.05) is 9.80 Å². The molecule has 0 bridgehead atoms. The molecule has 8 heteroatoms. The van der Waals surface area contributed by atoms with Crippen molar-refractivity contribution in [2.45, 2.75) is 6.92 Å². The number of ketones is 2. The van der Waals surface area contributed by atoms with Gasteiger partial charge in [0.05, 0.1) is 31.2 Å². The minimum Gasteiger partial charge on any atom is -0.493 e. The van der Waals surface area contributed by atoms with Gasteiger partial charge in [0.2, 0.25) is 11.6 Å². The second-order valence-electron chi connectivity index (χ2n) is 7.05. The molecule has 1 aliphatic carbocycles. The van der Waals surface area contributed by atoms with E-state index < -0.39 is 5.97 Å². The first-order valence-corrected chi connectivity index (χ1v) is 9.39. The number of esters is 1. The van der Waals surface area contributed by atoms with Gasteiger partial charge < -0.3 is 24.0 Å². The number of hydrogen-bond acceptors (Lipinski definition) is 8. The third-order valence-electron chi connectivity index (χ3n) is 5.18. The molecular formula is C21H22N2O6. The molecule has 0 spiro atoms. The molecule has 0 unspecified atom stereocenters. The summed E-state index contributed by atoms with van der Waals surface area (Å²) in [5.41, 5.74) is 1.65. The predicted octanol–water partition coefficient (Wildman–Crippen LogP) is 1.17. The van der Waals surface area contributed by atoms with E-state index in [1.54, 1.807) is 25.1 Å². The van der Waals surface area contributed by atoms with Crippen LogP contribution in [0.5, 0.6) is 11.5 Å². The van der Waals surface area contributed by atoms with Gasteiger partial charge in [-0.3, -0.25) is 9.59 Å². The van der Waals surface area contributed by atoms with Crippen LogP contribution < -0.4 is 9.47 Å². The Balaban J connectivity index is 1.60. The zero-order valence-corrected chi connectivity index (χ0v) is 16.6. The third kappa shape index (κ3) is 3.35. The van der Waals surface area contributed by atoms with E-state index in [0.717, 1.165) is 13.1 Å². The fourth-order valence-corrected chi connectivity index (χ4v) is 3.50. The number of benzene rings is 1. The van der Waals surface area contributed by atoms with Gasteiger partial charge in [0, 0.05) is 31.8 Å². The fourth-order valence-electron chi connectivity index (χ4n) is 3.50. The highest BCUT2D eigenvalue weighted by molar-refractivity contribution is 6.25. The molecule has 2 saturated heterocycles. The van der Waals surface area contributed by atoms with Gasteiger partial charge in [-0.2, -0.15) is 0 Å². The number of ether oxygens (including phenoxy) is 3. The van der Waals surface area contributed by atoms with Crippen molar-refractivity contribution in [1.29, 1.82) is 0 Å². The van der Waals surface area contributed by atoms with Gasteiger partial charge in [0.1, 0.15) is 12.2 Å². The molecule has 0 saturated carbocycles. The normalized spacial score (nSPS) is 18.3. The van der Waals surface area contributed by atoms with Crippen molar-refractivity contribution >= 4 is 17.5 Å². The molecule has 3 aliphatic rings. The molecular weight excluding hydrogens is 376 g/mol. The average Bonchev–Trinajstić information content (AvgIpc) is 3.62. The zero-order chi connectivity index (χ0) is 20.7. The zero-order valence-electron chi connectivity index (χ0n) is 16.6. The van der Waals surface area contributed by atoms with Crippen LogP contribution in [-0.4, -0.2) is 74.3 Å². The molecule has 4 rings (SSSR count). The topological polar surface area (TPSA) is 84.9 Å². The Kier molecular flexibility index (Phi) is 4.77. The molecule has 29 heavy (non-hydrogen) atoms. The molecule has 0 aromatic heterocycles. The van der Waals surface area contributed by atoms with E-state index in [9.17, 15) is 14.4 Å². The summed E-state index contributed by atoms with van der Waals surface area (Å²) in [6.07, 6.45) is 0. The van der Waals surface area contributed by atoms with Gasteiger partial charge in [0.25, 0.3) is 0 Å². The summed E-state index contributed by atoms with van der Waals surface area (Å²) in [6, 6.07) is 4.88. The smallest absolute Gasteiger partial charge is 0.342 e. The first-order chi connectivity index (χ1) is 14.0. The summed E-state index contributed by atoms with van der Waals surface area (Å²) in [5, 5.41) is 0. The third-order valence-corrected chi connectivity index (χ3v) is 5.18. The van der Waals surface area contributed by atoms with Crippen molar-refractivity contribution in [3.8, 4) is 11.5 Å². The van der Waals surface area contributed by atoms with Crippen molar-refractivity contribution in [3.63, 3.8) is 0 Å². The molecule has 0 amide bonds. The number of carbonyl (C=O) groups excluding carboxylic acids is 3. The number of methoxy groups -OCH3 is 2. The summed E-state index contributed by atoms with van der Waals surface area (Å²) < 4.78 is 15.9. The van der Waals surface area contributed by atoms with Gasteiger partial charge in [-0.25, -0.2) is 4.79 Å². The van der Waals surface area contributed by atoms with Crippen LogP contribution in [0.1, 0.15) is 17.3 Å². The standard InChI is InChI=1S/C21H22N2O6/c1-12-16(22-7-8-22)19(25)14(17(18(12)24)23-9-10-23)11-29-21(26)13-5-4-6-15(27-2)20(13)28-3/h4-6H,7-11H2,1-3H3. The Morgan fingerprint density at radius 2 is 1.62 bits per heavy atom. The van der Waals surface area contributed by atoms with Gasteiger partial charge >= 0.3 is 5.97 Å². The Morgan fingerprint density at radius 3 is 2.21 bits per heavy atom. The Morgan fingerprint density at radius 1 is 0.966 bits per heavy atom. The second kappa shape index (κ2) is 7.27. The van der Waals surface area contributed by atoms with Crippen LogP contribution >= 0.6 is 0 Å². The summed E-state index contributed by atoms with van der Waals surface area (Å²) in [6.45, 7) is 4.32. The molecule has 2 heterocycles. The number of para-hydroxylation sites is 1. The van der Waals surface area contributed by atoms with Gasteiger partial charge in [-0.15, -0.1) is 0 Å². The van der Waals surface area contributed by atoms with Gasteiger partial charge in [-0.1, -0.05) is 6.07 Å². The predicted molar refractivity (Wildman–Crippen MR) is 103 cm³/mol. The Labute approximate surface area is 168 Å². The van der Waals surface area contributed by atoms with Crippen LogP contribution in [0.15, 0.2) is 40.7 Å². The molecule has 0 N–H and O–H groups in total. The first kappa shape index (κ1) is 19.0. The summed E-state index contributed by atoms with van der Waals surface area (Å²) >= 11 is 0. The van der Waals surface area contributed by atoms with Crippen LogP contribution in [0.25, 0.3) is 0 Å². The van der Waals surface area contributed by atoms with Crippen LogP contribution in [-0.2, 0) is 14.3 Å². The quantitative estimate of drug-likeness (QED) is 0.385. The number of Topliss-reactive ketones (excluding diaryl/α,β-unsaturated/α-hetero) is 2. The van der Waals surface area contributed by atoms with Crippen molar-refractivity contribution in [2.24, 2.45) is 0 Å². The Bertz CT molecular complexity index is 969. The molecule has 0 atom stereocenters. The van der Waals surface area contributed by atoms with Crippen LogP contribution in [0.3, 0.4) is 0 Å². The number of carbonyl (C=O) groups is 3. The lowest BCUT2D eigenvalue weighted by molar-refractivity contribution is -0.118. The van der Waals surface area contributed by atoms with Crippen molar-refractivity contribution in [3.05, 3.63) is 46.3 Å². The van der Waals surface area contributed by atoms with Crippen LogP contribution in [0.2, 0.25) is 0 Å². The van der Waals surface area contributed by atoms with E-state index >= 15 is 0 Å². The lowest BCUT2D eigenvalue weighted by Gasteiger charge is -2.23. The van der Waals surface area contributed by atoms with Gasteiger partial charge in [-0.05, 0) is 19.1 Å². The monoisotopic (exact) mass is 398 g/mol. The number of rotatable bonds is 7. The SMILES string of the molecule is COc1cccc(C(=O)OCC2=C(N3CC3)C(=O)C(C)=C(N3CC3)C2=O)c1OC. The van der Waals surface area contributed by atoms with Crippen molar-refractivity contribution < 1.29 is 28.6 Å². The number of allylic oxidation sites excluding steroid dienone is 2. The van der Waals surface area contributed by atoms with Crippen LogP contribution in [0, 0.1) is 0 Å². The molecule has 1 aromatic rings. The minimum atomic E-state index is -0.654. The molecule has 2 fully saturated rings. The molecule has 1 aromatic carbocycles. The summed E-state index contributed by atoms with van der Waals surface area (Å²) in [5.74, 6) is -0.414. The maximum absolute atomic E-state index is 13.1. The summed E-state index contributed by atoms with van der Waals surface area (Å²) in [4.78, 5) is 42.4.